The Labute approximate surface area is 228 Å². The lowest BCUT2D eigenvalue weighted by Gasteiger charge is -2.54. The fraction of sp³-hybridized carbons (Fsp3) is 0.933. The molecule has 7 heteroatoms. The van der Waals surface area contributed by atoms with E-state index in [0.29, 0.717) is 23.8 Å². The molecule has 1 aliphatic carbocycles. The van der Waals surface area contributed by atoms with Crippen LogP contribution in [0.2, 0.25) is 0 Å². The van der Waals surface area contributed by atoms with Gasteiger partial charge in [0.1, 0.15) is 0 Å². The summed E-state index contributed by atoms with van der Waals surface area (Å²) in [6.07, 6.45) is 14.1. The lowest BCUT2D eigenvalue weighted by atomic mass is 9.75. The molecule has 216 valence electrons. The van der Waals surface area contributed by atoms with E-state index in [0.717, 1.165) is 70.5 Å². The number of likely N-dealkylation sites (tertiary alicyclic amines) is 3. The molecule has 0 bridgehead atoms. The minimum atomic E-state index is -0.150. The number of carbonyl (C=O) groups is 2. The van der Waals surface area contributed by atoms with Crippen molar-refractivity contribution < 1.29 is 9.59 Å². The molecule has 5 aliphatic rings. The van der Waals surface area contributed by atoms with E-state index in [-0.39, 0.29) is 5.91 Å². The van der Waals surface area contributed by atoms with Gasteiger partial charge in [-0.3, -0.25) is 9.59 Å². The molecule has 3 N–H and O–H groups in total. The molecular weight excluding hydrogens is 462 g/mol. The summed E-state index contributed by atoms with van der Waals surface area (Å²) >= 11 is 0. The van der Waals surface area contributed by atoms with Gasteiger partial charge < -0.3 is 25.8 Å². The molecule has 4 aliphatic heterocycles. The predicted molar refractivity (Wildman–Crippen MR) is 154 cm³/mol. The monoisotopic (exact) mass is 521 g/mol. The van der Waals surface area contributed by atoms with E-state index in [1.165, 1.54) is 58.0 Å². The molecular formula is C30H59N5O2. The minimum absolute atomic E-state index is 0.150. The van der Waals surface area contributed by atoms with Gasteiger partial charge in [0.2, 0.25) is 12.3 Å². The average Bonchev–Trinajstić information content (AvgIpc) is 2.86. The van der Waals surface area contributed by atoms with Crippen LogP contribution in [0, 0.1) is 17.3 Å². The Morgan fingerprint density at radius 2 is 1.51 bits per heavy atom. The Balaban J connectivity index is 0.000000191. The second-order valence-electron chi connectivity index (χ2n) is 12.4. The van der Waals surface area contributed by atoms with Gasteiger partial charge >= 0.3 is 0 Å². The maximum atomic E-state index is 10.7. The number of carbonyl (C=O) groups excluding carboxylic acids is 2. The molecule has 1 saturated carbocycles. The van der Waals surface area contributed by atoms with Crippen LogP contribution in [0.15, 0.2) is 0 Å². The highest BCUT2D eigenvalue weighted by molar-refractivity contribution is 5.73. The van der Waals surface area contributed by atoms with Crippen molar-refractivity contribution in [1.29, 1.82) is 0 Å². The third-order valence-electron chi connectivity index (χ3n) is 9.00. The summed E-state index contributed by atoms with van der Waals surface area (Å²) in [6, 6.07) is 1.59. The highest BCUT2D eigenvalue weighted by atomic mass is 16.1. The van der Waals surface area contributed by atoms with E-state index in [4.69, 9.17) is 5.73 Å². The standard InChI is InChI=1S/C12H23N.C10H20N2O.C6H10N2O.C2H6/c1-11-7-9-13(10-8-11)12-5-3-2-4-6-12;1-8(2)12-5-3-9(4-6-12)7-10(11)13;9-5-8-3-6(4-8)1-7-2-6;1-2/h11-12H,2-10H2,1H3;8-9H,3-7H2,1-2H3,(H2,11,13);5,7H,1-4H2;1-2H3. The summed E-state index contributed by atoms with van der Waals surface area (Å²) in [6.45, 7) is 20.0. The fourth-order valence-corrected chi connectivity index (χ4v) is 6.39. The smallest absolute Gasteiger partial charge is 0.217 e. The maximum Gasteiger partial charge on any atom is 0.217 e. The van der Waals surface area contributed by atoms with Crippen LogP contribution in [0.3, 0.4) is 0 Å². The highest BCUT2D eigenvalue weighted by Gasteiger charge is 2.46. The lowest BCUT2D eigenvalue weighted by Crippen LogP contribution is -2.70. The first-order chi connectivity index (χ1) is 17.8. The normalized spacial score (nSPS) is 24.9. The van der Waals surface area contributed by atoms with Crippen LogP contribution in [-0.2, 0) is 9.59 Å². The van der Waals surface area contributed by atoms with E-state index in [1.807, 2.05) is 18.7 Å². The topological polar surface area (TPSA) is 81.9 Å². The average molecular weight is 522 g/mol. The van der Waals surface area contributed by atoms with E-state index in [1.54, 1.807) is 0 Å². The molecule has 37 heavy (non-hydrogen) atoms. The molecule has 4 saturated heterocycles. The Morgan fingerprint density at radius 1 is 0.946 bits per heavy atom. The summed E-state index contributed by atoms with van der Waals surface area (Å²) in [5.41, 5.74) is 5.67. The number of nitrogens with zero attached hydrogens (tertiary/aromatic N) is 3. The largest absolute Gasteiger partial charge is 0.370 e. The van der Waals surface area contributed by atoms with Crippen LogP contribution < -0.4 is 11.1 Å². The molecule has 7 nitrogen and oxygen atoms in total. The van der Waals surface area contributed by atoms with Crippen molar-refractivity contribution in [3.8, 4) is 0 Å². The predicted octanol–water partition coefficient (Wildman–Crippen LogP) is 4.11. The van der Waals surface area contributed by atoms with Gasteiger partial charge in [-0.2, -0.15) is 0 Å². The fourth-order valence-electron chi connectivity index (χ4n) is 6.39. The first-order valence-electron chi connectivity index (χ1n) is 15.5. The van der Waals surface area contributed by atoms with Crippen LogP contribution >= 0.6 is 0 Å². The van der Waals surface area contributed by atoms with Gasteiger partial charge in [-0.1, -0.05) is 40.0 Å². The van der Waals surface area contributed by atoms with Crippen LogP contribution in [0.5, 0.6) is 0 Å². The first-order valence-corrected chi connectivity index (χ1v) is 15.5. The number of rotatable bonds is 5. The number of amides is 2. The van der Waals surface area contributed by atoms with Crippen molar-refractivity contribution in [3.63, 3.8) is 0 Å². The van der Waals surface area contributed by atoms with Crippen molar-refractivity contribution in [1.82, 2.24) is 20.0 Å². The van der Waals surface area contributed by atoms with Gasteiger partial charge in [-0.25, -0.2) is 0 Å². The molecule has 0 aromatic heterocycles. The number of primary amides is 1. The van der Waals surface area contributed by atoms with Crippen molar-refractivity contribution in [3.05, 3.63) is 0 Å². The molecule has 5 fully saturated rings. The zero-order valence-electron chi connectivity index (χ0n) is 24.9. The van der Waals surface area contributed by atoms with Gasteiger partial charge in [0.15, 0.2) is 0 Å². The number of piperidine rings is 2. The molecule has 4 heterocycles. The van der Waals surface area contributed by atoms with Crippen LogP contribution in [0.4, 0.5) is 0 Å². The molecule has 0 aromatic carbocycles. The van der Waals surface area contributed by atoms with Gasteiger partial charge in [-0.05, 0) is 90.4 Å². The van der Waals surface area contributed by atoms with E-state index >= 15 is 0 Å². The summed E-state index contributed by atoms with van der Waals surface area (Å²) in [4.78, 5) is 27.9. The van der Waals surface area contributed by atoms with Gasteiger partial charge in [0.05, 0.1) is 0 Å². The number of nitrogens with one attached hydrogen (secondary N) is 1. The Kier molecular flexibility index (Phi) is 14.5. The van der Waals surface area contributed by atoms with Gasteiger partial charge in [0, 0.05) is 50.1 Å². The van der Waals surface area contributed by atoms with Crippen molar-refractivity contribution in [2.45, 2.75) is 111 Å². The quantitative estimate of drug-likeness (QED) is 0.532. The number of hydrogen-bond donors (Lipinski definition) is 2. The molecule has 0 radical (unpaired) electrons. The van der Waals surface area contributed by atoms with Gasteiger partial charge in [0.25, 0.3) is 0 Å². The SMILES string of the molecule is CC.CC(C)N1CCC(CC(N)=O)CC1.CC1CCN(C2CCCCC2)CC1.O=CN1CC2(CNC2)C1. The Morgan fingerprint density at radius 3 is 1.95 bits per heavy atom. The third kappa shape index (κ3) is 10.8. The van der Waals surface area contributed by atoms with Crippen molar-refractivity contribution >= 4 is 12.3 Å². The van der Waals surface area contributed by atoms with Gasteiger partial charge in [-0.15, -0.1) is 0 Å². The van der Waals surface area contributed by atoms with Crippen molar-refractivity contribution in [2.24, 2.45) is 23.0 Å². The number of nitrogens with two attached hydrogens (primary N) is 1. The highest BCUT2D eigenvalue weighted by Crippen LogP contribution is 2.32. The molecule has 1 spiro atoms. The first kappa shape index (κ1) is 32.0. The van der Waals surface area contributed by atoms with E-state index < -0.39 is 0 Å². The summed E-state index contributed by atoms with van der Waals surface area (Å²) < 4.78 is 0. The number of hydrogen-bond acceptors (Lipinski definition) is 5. The zero-order chi connectivity index (χ0) is 27.3. The molecule has 0 unspecified atom stereocenters. The molecule has 0 atom stereocenters. The van der Waals surface area contributed by atoms with Crippen LogP contribution in [0.25, 0.3) is 0 Å². The summed E-state index contributed by atoms with van der Waals surface area (Å²) in [7, 11) is 0. The van der Waals surface area contributed by atoms with E-state index in [9.17, 15) is 9.59 Å². The summed E-state index contributed by atoms with van der Waals surface area (Å²) in [5.74, 6) is 1.37. The lowest BCUT2D eigenvalue weighted by molar-refractivity contribution is -0.132. The molecule has 0 aromatic rings. The van der Waals surface area contributed by atoms with Crippen LogP contribution in [-0.4, -0.2) is 91.5 Å². The second kappa shape index (κ2) is 16.7. The third-order valence-corrected chi connectivity index (χ3v) is 9.00. The van der Waals surface area contributed by atoms with E-state index in [2.05, 4.69) is 35.9 Å². The Bertz CT molecular complexity index is 624. The maximum absolute atomic E-state index is 10.7. The molecule has 2 amide bonds. The summed E-state index contributed by atoms with van der Waals surface area (Å²) in [5, 5.41) is 3.21. The Hall–Kier alpha value is -1.18. The van der Waals surface area contributed by atoms with Crippen molar-refractivity contribution in [2.75, 3.05) is 52.4 Å². The zero-order valence-corrected chi connectivity index (χ0v) is 24.9. The second-order valence-corrected chi connectivity index (χ2v) is 12.4. The van der Waals surface area contributed by atoms with Crippen LogP contribution in [0.1, 0.15) is 98.8 Å². The minimum Gasteiger partial charge on any atom is -0.370 e. The molecule has 5 rings (SSSR count).